The molecule has 7 heteroatoms. The Hall–Kier alpha value is -0.730. The van der Waals surface area contributed by atoms with Crippen molar-refractivity contribution in [3.63, 3.8) is 0 Å². The summed E-state index contributed by atoms with van der Waals surface area (Å²) < 4.78 is 5.37. The van der Waals surface area contributed by atoms with Gasteiger partial charge < -0.3 is 30.5 Å². The predicted octanol–water partition coefficient (Wildman–Crippen LogP) is -0.0584. The molecule has 6 unspecified atom stereocenters. The molecule has 1 fully saturated rings. The molecule has 0 aromatic rings. The van der Waals surface area contributed by atoms with Crippen molar-refractivity contribution in [2.45, 2.75) is 82.3 Å². The monoisotopic (exact) mass is 347 g/mol. The van der Waals surface area contributed by atoms with Crippen molar-refractivity contribution in [3.05, 3.63) is 0 Å². The fourth-order valence-electron chi connectivity index (χ4n) is 3.22. The van der Waals surface area contributed by atoms with Crippen molar-refractivity contribution in [1.29, 1.82) is 0 Å². The fourth-order valence-corrected chi connectivity index (χ4v) is 3.22. The number of esters is 1. The first kappa shape index (κ1) is 21.3. The Morgan fingerprint density at radius 2 is 1.79 bits per heavy atom. The summed E-state index contributed by atoms with van der Waals surface area (Å²) in [6.07, 6.45) is -0.510. The number of carbonyl (C=O) groups excluding carboxylic acids is 1. The summed E-state index contributed by atoms with van der Waals surface area (Å²) in [5.41, 5.74) is 0. The van der Waals surface area contributed by atoms with Crippen molar-refractivity contribution in [2.24, 2.45) is 5.92 Å². The minimum absolute atomic E-state index is 0.0212. The van der Waals surface area contributed by atoms with Crippen LogP contribution in [-0.2, 0) is 9.53 Å². The number of aliphatic hydroxyl groups excluding tert-OH is 4. The molecule has 142 valence electrons. The minimum atomic E-state index is -1.19. The van der Waals surface area contributed by atoms with E-state index in [4.69, 9.17) is 9.84 Å². The van der Waals surface area contributed by atoms with Gasteiger partial charge in [-0.3, -0.25) is 4.79 Å². The number of hydrogen-bond donors (Lipinski definition) is 5. The van der Waals surface area contributed by atoms with E-state index < -0.39 is 18.3 Å². The normalized spacial score (nSPS) is 34.8. The second-order valence-corrected chi connectivity index (χ2v) is 6.88. The molecule has 0 saturated carbocycles. The van der Waals surface area contributed by atoms with Crippen LogP contribution in [0.4, 0.5) is 0 Å². The predicted molar refractivity (Wildman–Crippen MR) is 89.3 cm³/mol. The SMILES string of the molecule is CNC(CCO)CC1CCC(O)C(O)C(O)CCC(C)OC(=O)C1. The summed E-state index contributed by atoms with van der Waals surface area (Å²) >= 11 is 0. The first-order valence-corrected chi connectivity index (χ1v) is 8.89. The zero-order valence-electron chi connectivity index (χ0n) is 14.7. The molecule has 0 radical (unpaired) electrons. The van der Waals surface area contributed by atoms with Crippen molar-refractivity contribution in [2.75, 3.05) is 13.7 Å². The van der Waals surface area contributed by atoms with E-state index in [-0.39, 0.29) is 43.5 Å². The summed E-state index contributed by atoms with van der Waals surface area (Å²) in [6.45, 7) is 1.82. The Kier molecular flexibility index (Phi) is 9.76. The van der Waals surface area contributed by atoms with E-state index in [9.17, 15) is 20.1 Å². The van der Waals surface area contributed by atoms with Crippen LogP contribution in [0, 0.1) is 5.92 Å². The van der Waals surface area contributed by atoms with Gasteiger partial charge in [0.1, 0.15) is 6.10 Å². The molecule has 1 rings (SSSR count). The second kappa shape index (κ2) is 11.0. The van der Waals surface area contributed by atoms with Crippen LogP contribution >= 0.6 is 0 Å². The van der Waals surface area contributed by atoms with E-state index in [1.807, 2.05) is 7.05 Å². The zero-order chi connectivity index (χ0) is 18.1. The van der Waals surface area contributed by atoms with Gasteiger partial charge in [-0.05, 0) is 58.4 Å². The molecule has 1 aliphatic heterocycles. The molecule has 5 N–H and O–H groups in total. The lowest BCUT2D eigenvalue weighted by molar-refractivity contribution is -0.151. The Morgan fingerprint density at radius 1 is 1.17 bits per heavy atom. The summed E-state index contributed by atoms with van der Waals surface area (Å²) in [6, 6.07) is 0.0748. The van der Waals surface area contributed by atoms with Gasteiger partial charge in [-0.25, -0.2) is 0 Å². The fraction of sp³-hybridized carbons (Fsp3) is 0.941. The molecule has 0 aromatic carbocycles. The molecule has 0 amide bonds. The van der Waals surface area contributed by atoms with Gasteiger partial charge in [-0.15, -0.1) is 0 Å². The van der Waals surface area contributed by atoms with Gasteiger partial charge in [-0.2, -0.15) is 0 Å². The van der Waals surface area contributed by atoms with E-state index in [1.54, 1.807) is 6.92 Å². The van der Waals surface area contributed by atoms with Gasteiger partial charge >= 0.3 is 5.97 Å². The summed E-state index contributed by atoms with van der Waals surface area (Å²) in [7, 11) is 1.81. The van der Waals surface area contributed by atoms with Gasteiger partial charge in [0.25, 0.3) is 0 Å². The first-order chi connectivity index (χ1) is 11.4. The van der Waals surface area contributed by atoms with Crippen LogP contribution in [0.2, 0.25) is 0 Å². The highest BCUT2D eigenvalue weighted by atomic mass is 16.5. The average Bonchev–Trinajstić information content (AvgIpc) is 2.54. The van der Waals surface area contributed by atoms with Crippen LogP contribution < -0.4 is 5.32 Å². The Labute approximate surface area is 144 Å². The Balaban J connectivity index is 2.76. The van der Waals surface area contributed by atoms with E-state index in [0.717, 1.165) is 0 Å². The minimum Gasteiger partial charge on any atom is -0.463 e. The lowest BCUT2D eigenvalue weighted by Gasteiger charge is -2.28. The molecule has 24 heavy (non-hydrogen) atoms. The second-order valence-electron chi connectivity index (χ2n) is 6.88. The van der Waals surface area contributed by atoms with Gasteiger partial charge in [0.05, 0.1) is 18.3 Å². The number of cyclic esters (lactones) is 1. The van der Waals surface area contributed by atoms with Gasteiger partial charge in [-0.1, -0.05) is 0 Å². The standard InChI is InChI=1S/C17H33NO6/c1-11-3-5-14(20)17(23)15(21)6-4-12(10-16(22)24-11)9-13(18-2)7-8-19/h11-15,17-21,23H,3-10H2,1-2H3. The van der Waals surface area contributed by atoms with E-state index >= 15 is 0 Å². The quantitative estimate of drug-likeness (QED) is 0.442. The topological polar surface area (TPSA) is 119 Å². The summed E-state index contributed by atoms with van der Waals surface area (Å²) in [5, 5.41) is 42.3. The van der Waals surface area contributed by atoms with Crippen LogP contribution in [0.5, 0.6) is 0 Å². The molecule has 0 aliphatic carbocycles. The largest absolute Gasteiger partial charge is 0.463 e. The summed E-state index contributed by atoms with van der Waals surface area (Å²) in [4.78, 5) is 12.1. The third kappa shape index (κ3) is 7.44. The van der Waals surface area contributed by atoms with E-state index in [0.29, 0.717) is 32.1 Å². The van der Waals surface area contributed by atoms with Gasteiger partial charge in [0.2, 0.25) is 0 Å². The maximum atomic E-state index is 12.1. The number of aliphatic hydroxyl groups is 4. The van der Waals surface area contributed by atoms with Crippen molar-refractivity contribution >= 4 is 5.97 Å². The zero-order valence-corrected chi connectivity index (χ0v) is 14.7. The molecule has 7 nitrogen and oxygen atoms in total. The number of rotatable bonds is 5. The maximum absolute atomic E-state index is 12.1. The third-order valence-corrected chi connectivity index (χ3v) is 4.82. The lowest BCUT2D eigenvalue weighted by Crippen LogP contribution is -2.39. The average molecular weight is 347 g/mol. The highest BCUT2D eigenvalue weighted by Crippen LogP contribution is 2.24. The molecular weight excluding hydrogens is 314 g/mol. The molecule has 0 aromatic heterocycles. The molecular formula is C17H33NO6. The number of ether oxygens (including phenoxy) is 1. The first-order valence-electron chi connectivity index (χ1n) is 8.89. The third-order valence-electron chi connectivity index (χ3n) is 4.82. The Morgan fingerprint density at radius 3 is 2.38 bits per heavy atom. The van der Waals surface area contributed by atoms with Gasteiger partial charge in [0, 0.05) is 19.1 Å². The summed E-state index contributed by atoms with van der Waals surface area (Å²) in [5.74, 6) is -0.302. The van der Waals surface area contributed by atoms with E-state index in [1.165, 1.54) is 0 Å². The number of nitrogens with one attached hydrogen (secondary N) is 1. The highest BCUT2D eigenvalue weighted by Gasteiger charge is 2.28. The number of hydrogen-bond acceptors (Lipinski definition) is 7. The molecule has 1 heterocycles. The van der Waals surface area contributed by atoms with Crippen LogP contribution in [0.25, 0.3) is 0 Å². The van der Waals surface area contributed by atoms with Crippen molar-refractivity contribution < 1.29 is 30.0 Å². The number of carbonyl (C=O) groups is 1. The highest BCUT2D eigenvalue weighted by molar-refractivity contribution is 5.69. The van der Waals surface area contributed by atoms with Crippen LogP contribution in [0.1, 0.15) is 51.9 Å². The Bertz CT molecular complexity index is 367. The molecule has 6 atom stereocenters. The van der Waals surface area contributed by atoms with Crippen molar-refractivity contribution in [1.82, 2.24) is 5.32 Å². The molecule has 1 saturated heterocycles. The van der Waals surface area contributed by atoms with Crippen LogP contribution in [0.3, 0.4) is 0 Å². The molecule has 0 bridgehead atoms. The van der Waals surface area contributed by atoms with E-state index in [2.05, 4.69) is 5.32 Å². The van der Waals surface area contributed by atoms with Crippen molar-refractivity contribution in [3.8, 4) is 0 Å². The molecule has 0 spiro atoms. The maximum Gasteiger partial charge on any atom is 0.306 e. The van der Waals surface area contributed by atoms with Gasteiger partial charge in [0.15, 0.2) is 0 Å². The molecule has 1 aliphatic rings. The van der Waals surface area contributed by atoms with Crippen LogP contribution in [-0.4, -0.2) is 70.5 Å². The lowest BCUT2D eigenvalue weighted by atomic mass is 9.88. The van der Waals surface area contributed by atoms with Crippen LogP contribution in [0.15, 0.2) is 0 Å². The smallest absolute Gasteiger partial charge is 0.306 e.